The van der Waals surface area contributed by atoms with E-state index in [-0.39, 0.29) is 0 Å². The second kappa shape index (κ2) is 12.4. The van der Waals surface area contributed by atoms with Crippen LogP contribution in [-0.2, 0) is 0 Å². The van der Waals surface area contributed by atoms with E-state index in [1.54, 1.807) is 12.4 Å². The second-order valence-electron chi connectivity index (χ2n) is 8.60. The van der Waals surface area contributed by atoms with E-state index in [0.717, 1.165) is 44.8 Å². The van der Waals surface area contributed by atoms with Gasteiger partial charge in [-0.1, -0.05) is 59.8 Å². The van der Waals surface area contributed by atoms with Crippen molar-refractivity contribution in [2.45, 2.75) is 0 Å². The molecule has 3 heteroatoms. The fourth-order valence-electron chi connectivity index (χ4n) is 3.59. The van der Waals surface area contributed by atoms with Crippen molar-refractivity contribution in [1.29, 1.82) is 0 Å². The van der Waals surface area contributed by atoms with Crippen molar-refractivity contribution in [1.82, 2.24) is 4.98 Å². The number of nitrogens with zero attached hydrogens (tertiary/aromatic N) is 2. The van der Waals surface area contributed by atoms with Crippen LogP contribution in [0.25, 0.3) is 0 Å². The molecule has 0 unspecified atom stereocenters. The largest absolute Gasteiger partial charge is 0.399 e. The summed E-state index contributed by atoms with van der Waals surface area (Å²) in [7, 11) is 0. The van der Waals surface area contributed by atoms with E-state index < -0.39 is 0 Å². The molecule has 0 saturated heterocycles. The summed E-state index contributed by atoms with van der Waals surface area (Å²) in [6.07, 6.45) is 3.49. The summed E-state index contributed by atoms with van der Waals surface area (Å²) in [5, 5.41) is 0. The maximum Gasteiger partial charge on any atom is 0.0812 e. The lowest BCUT2D eigenvalue weighted by atomic mass is 10.0. The van der Waals surface area contributed by atoms with Crippen LogP contribution in [0.15, 0.2) is 126 Å². The summed E-state index contributed by atoms with van der Waals surface area (Å²) >= 11 is 0. The first-order chi connectivity index (χ1) is 19.2. The third-order valence-corrected chi connectivity index (χ3v) is 5.57. The van der Waals surface area contributed by atoms with Gasteiger partial charge in [0.2, 0.25) is 0 Å². The molecule has 0 spiro atoms. The summed E-state index contributed by atoms with van der Waals surface area (Å²) in [5.41, 5.74) is 13.4. The molecule has 0 saturated carbocycles. The molecule has 4 aromatic carbocycles. The van der Waals surface area contributed by atoms with Crippen molar-refractivity contribution in [3.63, 3.8) is 0 Å². The molecule has 0 aliphatic heterocycles. The third kappa shape index (κ3) is 7.58. The van der Waals surface area contributed by atoms with E-state index in [9.17, 15) is 0 Å². The molecule has 0 aliphatic rings. The van der Waals surface area contributed by atoms with Crippen molar-refractivity contribution in [2.24, 2.45) is 4.99 Å². The van der Waals surface area contributed by atoms with Gasteiger partial charge in [-0.3, -0.25) is 9.98 Å². The van der Waals surface area contributed by atoms with Gasteiger partial charge in [0.15, 0.2) is 0 Å². The number of hydrogen-bond acceptors (Lipinski definition) is 3. The van der Waals surface area contributed by atoms with Crippen LogP contribution in [0.2, 0.25) is 0 Å². The molecule has 0 bridgehead atoms. The molecule has 0 radical (unpaired) electrons. The summed E-state index contributed by atoms with van der Waals surface area (Å²) in [6, 6.07) is 36.9. The Morgan fingerprint density at radius 1 is 0.513 bits per heavy atom. The lowest BCUT2D eigenvalue weighted by molar-refractivity contribution is 1.30. The van der Waals surface area contributed by atoms with E-state index in [1.165, 1.54) is 0 Å². The Labute approximate surface area is 229 Å². The van der Waals surface area contributed by atoms with Gasteiger partial charge in [0.05, 0.1) is 17.6 Å². The Hall–Kier alpha value is -5.82. The zero-order valence-electron chi connectivity index (χ0n) is 21.1. The summed E-state index contributed by atoms with van der Waals surface area (Å²) in [6.45, 7) is 0. The average Bonchev–Trinajstić information content (AvgIpc) is 2.99. The number of pyridine rings is 1. The minimum absolute atomic E-state index is 0.712. The maximum absolute atomic E-state index is 5.80. The summed E-state index contributed by atoms with van der Waals surface area (Å²) in [4.78, 5) is 8.74. The molecular weight excluding hydrogens is 474 g/mol. The maximum atomic E-state index is 5.80. The Bertz CT molecular complexity index is 1780. The van der Waals surface area contributed by atoms with E-state index in [0.29, 0.717) is 5.69 Å². The van der Waals surface area contributed by atoms with Gasteiger partial charge < -0.3 is 5.73 Å². The number of aromatic nitrogens is 1. The first kappa shape index (κ1) is 24.9. The van der Waals surface area contributed by atoms with Gasteiger partial charge in [-0.15, -0.1) is 0 Å². The van der Waals surface area contributed by atoms with Gasteiger partial charge in [0, 0.05) is 45.3 Å². The molecule has 1 heterocycles. The van der Waals surface area contributed by atoms with Crippen LogP contribution in [0, 0.1) is 35.5 Å². The van der Waals surface area contributed by atoms with E-state index in [4.69, 9.17) is 5.73 Å². The van der Waals surface area contributed by atoms with Gasteiger partial charge in [-0.25, -0.2) is 0 Å². The van der Waals surface area contributed by atoms with Gasteiger partial charge in [-0.2, -0.15) is 0 Å². The molecule has 0 amide bonds. The minimum Gasteiger partial charge on any atom is -0.399 e. The number of hydrogen-bond donors (Lipinski definition) is 1. The Balaban J connectivity index is 1.41. The highest BCUT2D eigenvalue weighted by Gasteiger charge is 1.98. The summed E-state index contributed by atoms with van der Waals surface area (Å²) in [5.74, 6) is 19.4. The highest BCUT2D eigenvalue weighted by atomic mass is 14.8. The first-order valence-electron chi connectivity index (χ1n) is 12.4. The topological polar surface area (TPSA) is 51.3 Å². The third-order valence-electron chi connectivity index (χ3n) is 5.57. The fraction of sp³-hybridized carbons (Fsp3) is 0. The molecule has 0 atom stereocenters. The second-order valence-corrected chi connectivity index (χ2v) is 8.60. The highest BCUT2D eigenvalue weighted by molar-refractivity contribution is 5.79. The van der Waals surface area contributed by atoms with Crippen molar-refractivity contribution in [3.8, 4) is 35.5 Å². The van der Waals surface area contributed by atoms with Crippen molar-refractivity contribution in [3.05, 3.63) is 161 Å². The van der Waals surface area contributed by atoms with Crippen LogP contribution in [0.5, 0.6) is 0 Å². The highest BCUT2D eigenvalue weighted by Crippen LogP contribution is 2.14. The lowest BCUT2D eigenvalue weighted by Gasteiger charge is -1.98. The molecular formula is C36H23N3. The number of anilines is 1. The normalized spacial score (nSPS) is 9.95. The molecule has 2 N–H and O–H groups in total. The van der Waals surface area contributed by atoms with Crippen molar-refractivity contribution < 1.29 is 0 Å². The Kier molecular flexibility index (Phi) is 7.92. The van der Waals surface area contributed by atoms with Crippen molar-refractivity contribution in [2.75, 3.05) is 5.73 Å². The van der Waals surface area contributed by atoms with Gasteiger partial charge in [-0.05, 0) is 91.0 Å². The Morgan fingerprint density at radius 3 is 1.54 bits per heavy atom. The van der Waals surface area contributed by atoms with Gasteiger partial charge >= 0.3 is 0 Å². The minimum atomic E-state index is 0.712. The van der Waals surface area contributed by atoms with Crippen LogP contribution in [0.3, 0.4) is 0 Å². The smallest absolute Gasteiger partial charge is 0.0812 e. The monoisotopic (exact) mass is 497 g/mol. The summed E-state index contributed by atoms with van der Waals surface area (Å²) < 4.78 is 0. The number of rotatable bonds is 2. The molecule has 182 valence electrons. The number of aliphatic imine (C=N–C) groups is 1. The van der Waals surface area contributed by atoms with Gasteiger partial charge in [0.25, 0.3) is 0 Å². The number of nitrogens with two attached hydrogens (primary N) is 1. The lowest BCUT2D eigenvalue weighted by Crippen LogP contribution is -1.86. The molecule has 5 aromatic rings. The molecule has 39 heavy (non-hydrogen) atoms. The predicted molar refractivity (Wildman–Crippen MR) is 160 cm³/mol. The van der Waals surface area contributed by atoms with Crippen LogP contribution in [-0.4, -0.2) is 11.2 Å². The zero-order valence-corrected chi connectivity index (χ0v) is 21.1. The standard InChI is InChI=1S/C36H23N3/c37-34-19-15-29(16-20-34)10-13-32-24-31(12-9-28-6-2-1-3-7-28)25-33(26-32)14-11-30-17-21-35(22-18-30)39-27-36-8-4-5-23-38-36/h1-8,15-27H,37H2. The SMILES string of the molecule is Nc1ccc(C#Cc2cc(C#Cc3ccccc3)cc(C#Cc3ccc(N=Cc4ccccn4)cc3)c2)cc1. The average molecular weight is 498 g/mol. The molecule has 5 rings (SSSR count). The van der Waals surface area contributed by atoms with Gasteiger partial charge in [0.1, 0.15) is 0 Å². The van der Waals surface area contributed by atoms with Crippen LogP contribution in [0.4, 0.5) is 11.4 Å². The van der Waals surface area contributed by atoms with E-state index in [2.05, 4.69) is 45.5 Å². The van der Waals surface area contributed by atoms with Crippen molar-refractivity contribution >= 4 is 17.6 Å². The molecule has 0 aliphatic carbocycles. The first-order valence-corrected chi connectivity index (χ1v) is 12.4. The van der Waals surface area contributed by atoms with Crippen LogP contribution >= 0.6 is 0 Å². The van der Waals surface area contributed by atoms with Crippen LogP contribution < -0.4 is 5.73 Å². The number of nitrogen functional groups attached to an aromatic ring is 1. The Morgan fingerprint density at radius 2 is 1.00 bits per heavy atom. The van der Waals surface area contributed by atoms with Crippen LogP contribution in [0.1, 0.15) is 39.1 Å². The molecule has 3 nitrogen and oxygen atoms in total. The zero-order chi connectivity index (χ0) is 26.7. The number of benzene rings is 4. The van der Waals surface area contributed by atoms with E-state index >= 15 is 0 Å². The predicted octanol–water partition coefficient (Wildman–Crippen LogP) is 6.61. The molecule has 1 aromatic heterocycles. The van der Waals surface area contributed by atoms with E-state index in [1.807, 2.05) is 115 Å². The quantitative estimate of drug-likeness (QED) is 0.169. The fourth-order valence-corrected chi connectivity index (χ4v) is 3.59. The molecule has 0 fully saturated rings.